The molecule has 0 amide bonds. The molecule has 35 heavy (non-hydrogen) atoms. The third kappa shape index (κ3) is 5.34. The molecule has 1 aliphatic rings. The molecule has 188 valence electrons. The van der Waals surface area contributed by atoms with Gasteiger partial charge in [0.1, 0.15) is 24.3 Å². The number of rotatable bonds is 9. The monoisotopic (exact) mass is 502 g/mol. The van der Waals surface area contributed by atoms with Gasteiger partial charge in [-0.05, 0) is 45.4 Å². The van der Waals surface area contributed by atoms with Crippen LogP contribution in [0, 0.1) is 6.92 Å². The Bertz CT molecular complexity index is 1260. The Morgan fingerprint density at radius 3 is 2.60 bits per heavy atom. The van der Waals surface area contributed by atoms with E-state index in [4.69, 9.17) is 14.2 Å². The van der Waals surface area contributed by atoms with Gasteiger partial charge < -0.3 is 18.8 Å². The highest BCUT2D eigenvalue weighted by Crippen LogP contribution is 2.34. The minimum Gasteiger partial charge on any atom is -0.475 e. The number of fused-ring (bicyclic) bond motifs is 3. The third-order valence-corrected chi connectivity index (χ3v) is 7.85. The lowest BCUT2D eigenvalue weighted by Crippen LogP contribution is -2.31. The topological polar surface area (TPSA) is 131 Å². The molecule has 0 bridgehead atoms. The Kier molecular flexibility index (Phi) is 7.43. The van der Waals surface area contributed by atoms with Gasteiger partial charge in [0.05, 0.1) is 29.6 Å². The van der Waals surface area contributed by atoms with Crippen molar-refractivity contribution in [1.29, 1.82) is 0 Å². The Hall–Kier alpha value is -2.96. The van der Waals surface area contributed by atoms with E-state index in [-0.39, 0.29) is 24.5 Å². The van der Waals surface area contributed by atoms with Gasteiger partial charge >= 0.3 is 0 Å². The Balaban J connectivity index is 1.69. The number of nitrogens with zero attached hydrogens (tertiary/aromatic N) is 6. The second kappa shape index (κ2) is 10.3. The summed E-state index contributed by atoms with van der Waals surface area (Å²) >= 11 is 0. The Morgan fingerprint density at radius 1 is 1.17 bits per heavy atom. The molecule has 0 N–H and O–H groups in total. The SMILES string of the molecule is CO[C@H](c1ncc(C)cn1)[C@H](C)S(=O)(=O)Cc1nnc2n1[C@H](COC(C)C)COc1ncccc1-2. The molecule has 0 radical (unpaired) electrons. The van der Waals surface area contributed by atoms with Gasteiger partial charge in [-0.15, -0.1) is 10.2 Å². The van der Waals surface area contributed by atoms with E-state index >= 15 is 0 Å². The van der Waals surface area contributed by atoms with Crippen LogP contribution in [-0.4, -0.2) is 69.8 Å². The number of aromatic nitrogens is 6. The smallest absolute Gasteiger partial charge is 0.224 e. The van der Waals surface area contributed by atoms with E-state index in [1.165, 1.54) is 7.11 Å². The molecule has 3 aromatic rings. The van der Waals surface area contributed by atoms with Gasteiger partial charge in [0.25, 0.3) is 0 Å². The van der Waals surface area contributed by atoms with Crippen LogP contribution in [0.25, 0.3) is 11.4 Å². The van der Waals surface area contributed by atoms with E-state index in [9.17, 15) is 8.42 Å². The molecular formula is C23H30N6O5S. The molecule has 4 heterocycles. The molecule has 0 saturated carbocycles. The zero-order valence-electron chi connectivity index (χ0n) is 20.5. The zero-order chi connectivity index (χ0) is 25.2. The normalized spacial score (nSPS) is 17.3. The fourth-order valence-corrected chi connectivity index (χ4v) is 5.33. The molecule has 11 nitrogen and oxygen atoms in total. The predicted molar refractivity (Wildman–Crippen MR) is 127 cm³/mol. The summed E-state index contributed by atoms with van der Waals surface area (Å²) in [5.41, 5.74) is 1.52. The van der Waals surface area contributed by atoms with Crippen LogP contribution in [0.4, 0.5) is 0 Å². The van der Waals surface area contributed by atoms with Crippen LogP contribution in [0.2, 0.25) is 0 Å². The van der Waals surface area contributed by atoms with Gasteiger partial charge in [0.2, 0.25) is 5.88 Å². The fraction of sp³-hybridized carbons (Fsp3) is 0.522. The maximum Gasteiger partial charge on any atom is 0.224 e. The van der Waals surface area contributed by atoms with Crippen molar-refractivity contribution < 1.29 is 22.6 Å². The predicted octanol–water partition coefficient (Wildman–Crippen LogP) is 2.49. The van der Waals surface area contributed by atoms with E-state index in [1.54, 1.807) is 36.1 Å². The molecule has 0 unspecified atom stereocenters. The summed E-state index contributed by atoms with van der Waals surface area (Å²) in [6, 6.07) is 3.26. The fourth-order valence-electron chi connectivity index (χ4n) is 3.90. The minimum atomic E-state index is -3.76. The van der Waals surface area contributed by atoms with Crippen LogP contribution in [-0.2, 0) is 25.1 Å². The maximum atomic E-state index is 13.5. The van der Waals surface area contributed by atoms with Crippen LogP contribution in [0.15, 0.2) is 30.7 Å². The van der Waals surface area contributed by atoms with Gasteiger partial charge in [-0.25, -0.2) is 23.4 Å². The molecule has 0 spiro atoms. The molecule has 3 aromatic heterocycles. The summed E-state index contributed by atoms with van der Waals surface area (Å²) < 4.78 is 46.2. The number of ether oxygens (including phenoxy) is 3. The number of sulfone groups is 1. The van der Waals surface area contributed by atoms with Crippen LogP contribution in [0.5, 0.6) is 5.88 Å². The van der Waals surface area contributed by atoms with Gasteiger partial charge in [-0.3, -0.25) is 0 Å². The quantitative estimate of drug-likeness (QED) is 0.430. The largest absolute Gasteiger partial charge is 0.475 e. The molecule has 0 aliphatic carbocycles. The van der Waals surface area contributed by atoms with E-state index in [0.717, 1.165) is 5.56 Å². The van der Waals surface area contributed by atoms with Crippen molar-refractivity contribution in [2.45, 2.75) is 56.9 Å². The molecule has 1 aliphatic heterocycles. The lowest BCUT2D eigenvalue weighted by atomic mass is 10.2. The summed E-state index contributed by atoms with van der Waals surface area (Å²) in [6.45, 7) is 7.87. The van der Waals surface area contributed by atoms with Gasteiger partial charge in [0.15, 0.2) is 21.5 Å². The van der Waals surface area contributed by atoms with Crippen LogP contribution in [0.3, 0.4) is 0 Å². The van der Waals surface area contributed by atoms with Crippen LogP contribution in [0.1, 0.15) is 50.1 Å². The summed E-state index contributed by atoms with van der Waals surface area (Å²) in [6.07, 6.45) is 4.06. The first-order valence-electron chi connectivity index (χ1n) is 11.4. The van der Waals surface area contributed by atoms with Crippen molar-refractivity contribution >= 4 is 9.84 Å². The van der Waals surface area contributed by atoms with Crippen molar-refractivity contribution in [2.24, 2.45) is 0 Å². The Labute approximate surface area is 204 Å². The number of hydrogen-bond acceptors (Lipinski definition) is 10. The molecule has 12 heteroatoms. The number of hydrogen-bond donors (Lipinski definition) is 0. The van der Waals surface area contributed by atoms with Crippen LogP contribution < -0.4 is 4.74 Å². The minimum absolute atomic E-state index is 0.0112. The van der Waals surface area contributed by atoms with Crippen molar-refractivity contribution in [3.05, 3.63) is 47.9 Å². The highest BCUT2D eigenvalue weighted by atomic mass is 32.2. The Morgan fingerprint density at radius 2 is 1.91 bits per heavy atom. The summed E-state index contributed by atoms with van der Waals surface area (Å²) in [5.74, 6) is 1.17. The lowest BCUT2D eigenvalue weighted by molar-refractivity contribution is 0.0415. The molecule has 4 rings (SSSR count). The van der Waals surface area contributed by atoms with Crippen molar-refractivity contribution in [3.8, 4) is 17.3 Å². The highest BCUT2D eigenvalue weighted by Gasteiger charge is 2.36. The third-order valence-electron chi connectivity index (χ3n) is 5.81. The van der Waals surface area contributed by atoms with E-state index in [0.29, 0.717) is 35.5 Å². The summed E-state index contributed by atoms with van der Waals surface area (Å²) in [7, 11) is -2.31. The van der Waals surface area contributed by atoms with Gasteiger partial charge in [-0.1, -0.05) is 0 Å². The van der Waals surface area contributed by atoms with Crippen molar-refractivity contribution in [1.82, 2.24) is 29.7 Å². The molecule has 3 atom stereocenters. The van der Waals surface area contributed by atoms with E-state index in [2.05, 4.69) is 25.1 Å². The number of pyridine rings is 1. The first-order chi connectivity index (χ1) is 16.7. The summed E-state index contributed by atoms with van der Waals surface area (Å²) in [5, 5.41) is 7.68. The standard InChI is InChI=1S/C23H30N6O5S/c1-14(2)33-11-17-12-34-23-18(7-6-8-24-23)22-28-27-19(29(17)22)13-35(30,31)16(4)20(32-5)21-25-9-15(3)10-26-21/h6-10,14,16-17,20H,11-13H2,1-5H3/t16-,17+,20-/m0/s1. The summed E-state index contributed by atoms with van der Waals surface area (Å²) in [4.78, 5) is 12.8. The van der Waals surface area contributed by atoms with Crippen molar-refractivity contribution in [2.75, 3.05) is 20.3 Å². The van der Waals surface area contributed by atoms with E-state index in [1.807, 2.05) is 26.8 Å². The average molecular weight is 503 g/mol. The van der Waals surface area contributed by atoms with E-state index < -0.39 is 21.2 Å². The molecule has 0 saturated heterocycles. The highest BCUT2D eigenvalue weighted by molar-refractivity contribution is 7.91. The number of methoxy groups -OCH3 is 1. The average Bonchev–Trinajstić information content (AvgIpc) is 3.15. The zero-order valence-corrected chi connectivity index (χ0v) is 21.3. The van der Waals surface area contributed by atoms with Gasteiger partial charge in [0, 0.05) is 25.7 Å². The van der Waals surface area contributed by atoms with Crippen LogP contribution >= 0.6 is 0 Å². The second-order valence-electron chi connectivity index (χ2n) is 8.80. The lowest BCUT2D eigenvalue weighted by Gasteiger charge is -2.23. The first kappa shape index (κ1) is 25.1. The molecule has 0 aromatic carbocycles. The second-order valence-corrected chi connectivity index (χ2v) is 11.2. The van der Waals surface area contributed by atoms with Gasteiger partial charge in [-0.2, -0.15) is 0 Å². The molecule has 0 fully saturated rings. The first-order valence-corrected chi connectivity index (χ1v) is 13.1. The van der Waals surface area contributed by atoms with Crippen molar-refractivity contribution in [3.63, 3.8) is 0 Å². The maximum absolute atomic E-state index is 13.5. The molecular weight excluding hydrogens is 472 g/mol. The number of aryl methyl sites for hydroxylation is 1.